The van der Waals surface area contributed by atoms with Crippen LogP contribution in [0.2, 0.25) is 0 Å². The number of aromatic nitrogens is 4. The van der Waals surface area contributed by atoms with E-state index in [4.69, 9.17) is 24.8 Å². The summed E-state index contributed by atoms with van der Waals surface area (Å²) in [5.41, 5.74) is 0.920. The maximum Gasteiger partial charge on any atom is 0.349 e. The zero-order chi connectivity index (χ0) is 33.5. The summed E-state index contributed by atoms with van der Waals surface area (Å²) < 4.78 is 26.7. The van der Waals surface area contributed by atoms with Gasteiger partial charge in [-0.1, -0.05) is 60.7 Å². The lowest BCUT2D eigenvalue weighted by Crippen LogP contribution is -2.38. The van der Waals surface area contributed by atoms with Crippen molar-refractivity contribution >= 4 is 11.6 Å². The topological polar surface area (TPSA) is 176 Å². The van der Waals surface area contributed by atoms with Crippen LogP contribution >= 0.6 is 0 Å². The first-order chi connectivity index (χ1) is 23.5. The Labute approximate surface area is 276 Å². The van der Waals surface area contributed by atoms with Crippen molar-refractivity contribution in [3.63, 3.8) is 0 Å². The zero-order valence-electron chi connectivity index (χ0n) is 26.4. The minimum Gasteiger partial charge on any atom is -0.396 e. The Balaban J connectivity index is 1.16. The van der Waals surface area contributed by atoms with Gasteiger partial charge in [-0.2, -0.15) is 9.97 Å². The minimum absolute atomic E-state index is 0.0751. The van der Waals surface area contributed by atoms with Crippen LogP contribution in [0.3, 0.4) is 0 Å². The molecule has 6 rings (SSSR count). The smallest absolute Gasteiger partial charge is 0.349 e. The molecule has 2 aliphatic heterocycles. The van der Waals surface area contributed by atoms with E-state index in [1.54, 1.807) is 12.3 Å². The fraction of sp³-hybridized carbons (Fsp3) is 0.412. The van der Waals surface area contributed by atoms with Crippen LogP contribution in [0, 0.1) is 11.8 Å². The normalized spacial score (nSPS) is 23.8. The Morgan fingerprint density at radius 3 is 1.71 bits per heavy atom. The van der Waals surface area contributed by atoms with E-state index in [9.17, 15) is 19.8 Å². The number of nitrogens with two attached hydrogens (primary N) is 1. The predicted octanol–water partition coefficient (Wildman–Crippen LogP) is 1.34. The highest BCUT2D eigenvalue weighted by Crippen LogP contribution is 2.32. The summed E-state index contributed by atoms with van der Waals surface area (Å²) >= 11 is 0. The molecule has 4 aromatic rings. The van der Waals surface area contributed by atoms with Gasteiger partial charge < -0.3 is 29.2 Å². The molecule has 2 aliphatic rings. The summed E-state index contributed by atoms with van der Waals surface area (Å²) in [4.78, 5) is 34.7. The van der Waals surface area contributed by atoms with E-state index < -0.39 is 29.4 Å². The molecule has 2 aromatic heterocycles. The summed E-state index contributed by atoms with van der Waals surface area (Å²) in [6.45, 7) is 1.38. The molecule has 14 nitrogen and oxygen atoms in total. The Bertz CT molecular complexity index is 1740. The van der Waals surface area contributed by atoms with Crippen LogP contribution in [-0.2, 0) is 32.2 Å². The Hall–Kier alpha value is -4.28. The fourth-order valence-corrected chi connectivity index (χ4v) is 6.28. The van der Waals surface area contributed by atoms with Gasteiger partial charge in [-0.05, 0) is 23.3 Å². The monoisotopic (exact) mass is 660 g/mol. The molecule has 48 heavy (non-hydrogen) atoms. The first-order valence-electron chi connectivity index (χ1n) is 15.9. The quantitative estimate of drug-likeness (QED) is 0.131. The number of benzene rings is 2. The van der Waals surface area contributed by atoms with Crippen LogP contribution in [0.15, 0.2) is 94.8 Å². The lowest BCUT2D eigenvalue weighted by atomic mass is 9.98. The number of hydrazine groups is 1. The molecule has 3 unspecified atom stereocenters. The first-order valence-corrected chi connectivity index (χ1v) is 15.9. The summed E-state index contributed by atoms with van der Waals surface area (Å²) in [7, 11) is 0. The van der Waals surface area contributed by atoms with Crippen molar-refractivity contribution in [1.29, 1.82) is 0 Å². The molecule has 0 radical (unpaired) electrons. The van der Waals surface area contributed by atoms with Gasteiger partial charge in [0.2, 0.25) is 0 Å². The van der Waals surface area contributed by atoms with Crippen LogP contribution in [0.25, 0.3) is 0 Å². The van der Waals surface area contributed by atoms with E-state index in [-0.39, 0.29) is 56.1 Å². The SMILES string of the molecule is NN(c1ccn(C2COC(CO)C2CO)c(=O)n1)c1ccn([C@H]2CO[C@@H](COCc3ccccc3)[C@@H]2COCc2ccccc2)c(=O)n1. The fourth-order valence-electron chi connectivity index (χ4n) is 6.28. The summed E-state index contributed by atoms with van der Waals surface area (Å²) in [5, 5.41) is 20.4. The molecule has 2 saturated heterocycles. The van der Waals surface area contributed by atoms with E-state index in [1.165, 1.54) is 21.4 Å². The first kappa shape index (κ1) is 33.6. The number of anilines is 2. The molecule has 2 aromatic carbocycles. The molecule has 6 atom stereocenters. The molecular formula is C34H40N6O8. The van der Waals surface area contributed by atoms with Crippen LogP contribution < -0.4 is 22.2 Å². The van der Waals surface area contributed by atoms with Crippen LogP contribution in [0.5, 0.6) is 0 Å². The largest absolute Gasteiger partial charge is 0.396 e. The van der Waals surface area contributed by atoms with Crippen molar-refractivity contribution < 1.29 is 29.2 Å². The predicted molar refractivity (Wildman–Crippen MR) is 174 cm³/mol. The number of ether oxygens (including phenoxy) is 4. The van der Waals surface area contributed by atoms with Crippen molar-refractivity contribution in [2.75, 3.05) is 44.7 Å². The second kappa shape index (κ2) is 15.7. The molecule has 0 aliphatic carbocycles. The van der Waals surface area contributed by atoms with Gasteiger partial charge in [0.05, 0.1) is 77.1 Å². The van der Waals surface area contributed by atoms with Crippen LogP contribution in [-0.4, -0.2) is 81.2 Å². The Morgan fingerprint density at radius 1 is 0.708 bits per heavy atom. The third-order valence-corrected chi connectivity index (χ3v) is 8.95. The number of rotatable bonds is 14. The van der Waals surface area contributed by atoms with Crippen LogP contribution in [0.1, 0.15) is 23.2 Å². The van der Waals surface area contributed by atoms with Crippen molar-refractivity contribution in [1.82, 2.24) is 19.1 Å². The highest BCUT2D eigenvalue weighted by molar-refractivity contribution is 5.52. The highest BCUT2D eigenvalue weighted by atomic mass is 16.5. The van der Waals surface area contributed by atoms with Gasteiger partial charge in [0.15, 0.2) is 11.6 Å². The van der Waals surface area contributed by atoms with Gasteiger partial charge in [-0.3, -0.25) is 9.13 Å². The molecule has 14 heteroatoms. The maximum absolute atomic E-state index is 13.4. The molecule has 0 saturated carbocycles. The van der Waals surface area contributed by atoms with Gasteiger partial charge in [0.1, 0.15) is 0 Å². The van der Waals surface area contributed by atoms with Gasteiger partial charge in [0, 0.05) is 24.2 Å². The van der Waals surface area contributed by atoms with Gasteiger partial charge in [-0.25, -0.2) is 20.4 Å². The van der Waals surface area contributed by atoms with Crippen molar-refractivity contribution in [2.24, 2.45) is 17.7 Å². The molecule has 4 N–H and O–H groups in total. The molecule has 254 valence electrons. The van der Waals surface area contributed by atoms with E-state index in [0.29, 0.717) is 26.4 Å². The lowest BCUT2D eigenvalue weighted by Gasteiger charge is -2.25. The van der Waals surface area contributed by atoms with Crippen molar-refractivity contribution in [2.45, 2.75) is 37.5 Å². The van der Waals surface area contributed by atoms with Gasteiger partial charge in [-0.15, -0.1) is 0 Å². The Kier molecular flexibility index (Phi) is 11.0. The molecule has 2 fully saturated rings. The molecular weight excluding hydrogens is 620 g/mol. The molecule has 0 bridgehead atoms. The number of hydrogen-bond donors (Lipinski definition) is 3. The molecule has 0 spiro atoms. The summed E-state index contributed by atoms with van der Waals surface area (Å²) in [5.74, 6) is 5.78. The maximum atomic E-state index is 13.4. The average molecular weight is 661 g/mol. The van der Waals surface area contributed by atoms with Crippen molar-refractivity contribution in [3.05, 3.63) is 117 Å². The highest BCUT2D eigenvalue weighted by Gasteiger charge is 2.40. The van der Waals surface area contributed by atoms with Gasteiger partial charge in [0.25, 0.3) is 0 Å². The van der Waals surface area contributed by atoms with Crippen LogP contribution in [0.4, 0.5) is 11.6 Å². The van der Waals surface area contributed by atoms with E-state index in [0.717, 1.165) is 16.1 Å². The summed E-state index contributed by atoms with van der Waals surface area (Å²) in [6.07, 6.45) is 2.21. The zero-order valence-corrected chi connectivity index (χ0v) is 26.4. The Morgan fingerprint density at radius 2 is 1.21 bits per heavy atom. The van der Waals surface area contributed by atoms with Crippen molar-refractivity contribution in [3.8, 4) is 0 Å². The number of aliphatic hydroxyl groups is 2. The molecule has 4 heterocycles. The van der Waals surface area contributed by atoms with E-state index in [2.05, 4.69) is 9.97 Å². The number of hydrogen-bond acceptors (Lipinski definition) is 12. The number of nitrogens with zero attached hydrogens (tertiary/aromatic N) is 5. The van der Waals surface area contributed by atoms with E-state index >= 15 is 0 Å². The second-order valence-electron chi connectivity index (χ2n) is 11.9. The minimum atomic E-state index is -0.621. The third-order valence-electron chi connectivity index (χ3n) is 8.95. The lowest BCUT2D eigenvalue weighted by molar-refractivity contribution is -0.0240. The third kappa shape index (κ3) is 7.55. The van der Waals surface area contributed by atoms with Gasteiger partial charge >= 0.3 is 11.4 Å². The van der Waals surface area contributed by atoms with E-state index in [1.807, 2.05) is 60.7 Å². The molecule has 0 amide bonds. The standard InChI is InChI=1S/C34H40N6O8/c35-40(31-11-13-38(33(43)36-31)27-20-47-29(16-42)25(27)15-41)32-12-14-39(34(44)37-32)28-21-48-30(22-46-18-24-9-5-2-6-10-24)26(28)19-45-17-23-7-3-1-4-8-23/h1-14,25-30,41-42H,15-22,35H2/t25?,26-,27?,28+,29?,30+/m1/s1. The average Bonchev–Trinajstić information content (AvgIpc) is 3.72. The summed E-state index contributed by atoms with van der Waals surface area (Å²) in [6, 6.07) is 21.9. The second-order valence-corrected chi connectivity index (χ2v) is 11.9. The number of aliphatic hydroxyl groups excluding tert-OH is 2.